The highest BCUT2D eigenvalue weighted by Crippen LogP contribution is 2.20. The molecule has 0 radical (unpaired) electrons. The first-order valence-electron chi connectivity index (χ1n) is 9.54. The molecule has 0 spiro atoms. The molecule has 0 saturated heterocycles. The highest BCUT2D eigenvalue weighted by Gasteiger charge is 2.11. The summed E-state index contributed by atoms with van der Waals surface area (Å²) < 4.78 is 1.79. The van der Waals surface area contributed by atoms with Crippen molar-refractivity contribution in [1.29, 1.82) is 0 Å². The molecule has 28 heavy (non-hydrogen) atoms. The summed E-state index contributed by atoms with van der Waals surface area (Å²) >= 11 is 0. The maximum atomic E-state index is 4.69. The average Bonchev–Trinajstić information content (AvgIpc) is 3.10. The Labute approximate surface area is 163 Å². The Kier molecular flexibility index (Phi) is 5.23. The lowest BCUT2D eigenvalue weighted by Crippen LogP contribution is -2.11. The van der Waals surface area contributed by atoms with Crippen LogP contribution in [0.15, 0.2) is 48.8 Å². The molecule has 1 aromatic carbocycles. The minimum Gasteiger partial charge on any atom is -0.369 e. The molecule has 4 rings (SSSR count). The van der Waals surface area contributed by atoms with Crippen LogP contribution in [0, 0.1) is 0 Å². The largest absolute Gasteiger partial charge is 0.369 e. The van der Waals surface area contributed by atoms with Crippen molar-refractivity contribution in [2.45, 2.75) is 26.2 Å². The molecule has 3 aromatic heterocycles. The van der Waals surface area contributed by atoms with Crippen molar-refractivity contribution in [3.8, 4) is 11.3 Å². The second-order valence-corrected chi connectivity index (χ2v) is 6.64. The Hall–Kier alpha value is -3.35. The molecule has 0 amide bonds. The number of hydrogen-bond acceptors (Lipinski definition) is 6. The van der Waals surface area contributed by atoms with Gasteiger partial charge < -0.3 is 5.32 Å². The molecule has 0 atom stereocenters. The number of aryl methyl sites for hydroxylation is 2. The first-order valence-corrected chi connectivity index (χ1v) is 9.54. The van der Waals surface area contributed by atoms with Gasteiger partial charge in [-0.25, -0.2) is 19.9 Å². The van der Waals surface area contributed by atoms with Crippen molar-refractivity contribution in [3.63, 3.8) is 0 Å². The number of rotatable bonds is 7. The third kappa shape index (κ3) is 3.83. The smallest absolute Gasteiger partial charge is 0.163 e. The van der Waals surface area contributed by atoms with E-state index in [1.165, 1.54) is 0 Å². The first-order chi connectivity index (χ1) is 13.7. The van der Waals surface area contributed by atoms with E-state index >= 15 is 0 Å². The lowest BCUT2D eigenvalue weighted by atomic mass is 10.1. The van der Waals surface area contributed by atoms with Gasteiger partial charge in [-0.1, -0.05) is 37.3 Å². The fourth-order valence-corrected chi connectivity index (χ4v) is 3.12. The molecule has 0 unspecified atom stereocenters. The Morgan fingerprint density at radius 1 is 0.964 bits per heavy atom. The minimum atomic E-state index is 0.685. The Morgan fingerprint density at radius 2 is 1.82 bits per heavy atom. The third-order valence-corrected chi connectivity index (χ3v) is 4.53. The SMILES string of the molecule is CCCc1nc(NCCc2nccc(-c3ccccc3)n2)c2cnn(C)c2n1. The second-order valence-electron chi connectivity index (χ2n) is 6.64. The van der Waals surface area contributed by atoms with E-state index in [1.54, 1.807) is 10.9 Å². The van der Waals surface area contributed by atoms with E-state index in [-0.39, 0.29) is 0 Å². The number of hydrogen-bond donors (Lipinski definition) is 1. The summed E-state index contributed by atoms with van der Waals surface area (Å²) in [6.07, 6.45) is 6.17. The molecule has 7 nitrogen and oxygen atoms in total. The predicted molar refractivity (Wildman–Crippen MR) is 110 cm³/mol. The zero-order valence-corrected chi connectivity index (χ0v) is 16.1. The van der Waals surface area contributed by atoms with Gasteiger partial charge in [0.2, 0.25) is 0 Å². The number of fused-ring (bicyclic) bond motifs is 1. The number of anilines is 1. The summed E-state index contributed by atoms with van der Waals surface area (Å²) in [6.45, 7) is 2.81. The number of benzene rings is 1. The van der Waals surface area contributed by atoms with Crippen LogP contribution in [0.5, 0.6) is 0 Å². The van der Waals surface area contributed by atoms with Crippen LogP contribution in [-0.4, -0.2) is 36.3 Å². The second kappa shape index (κ2) is 8.12. The van der Waals surface area contributed by atoms with Crippen LogP contribution in [0.25, 0.3) is 22.3 Å². The molecule has 0 aliphatic carbocycles. The summed E-state index contributed by atoms with van der Waals surface area (Å²) in [7, 11) is 1.90. The number of nitrogens with one attached hydrogen (secondary N) is 1. The van der Waals surface area contributed by atoms with Gasteiger partial charge in [0.25, 0.3) is 0 Å². The van der Waals surface area contributed by atoms with Crippen molar-refractivity contribution in [2.75, 3.05) is 11.9 Å². The first kappa shape index (κ1) is 18.0. The van der Waals surface area contributed by atoms with Crippen LogP contribution in [0.2, 0.25) is 0 Å². The number of aromatic nitrogens is 6. The highest BCUT2D eigenvalue weighted by molar-refractivity contribution is 5.86. The third-order valence-electron chi connectivity index (χ3n) is 4.53. The van der Waals surface area contributed by atoms with Crippen LogP contribution in [-0.2, 0) is 19.9 Å². The topological polar surface area (TPSA) is 81.4 Å². The van der Waals surface area contributed by atoms with Gasteiger partial charge in [-0.2, -0.15) is 5.10 Å². The van der Waals surface area contributed by atoms with Gasteiger partial charge >= 0.3 is 0 Å². The fourth-order valence-electron chi connectivity index (χ4n) is 3.12. The monoisotopic (exact) mass is 373 g/mol. The molecule has 0 saturated carbocycles. The summed E-state index contributed by atoms with van der Waals surface area (Å²) in [6, 6.07) is 12.1. The Bertz CT molecular complexity index is 1070. The van der Waals surface area contributed by atoms with E-state index < -0.39 is 0 Å². The predicted octanol–water partition coefficient (Wildman–Crippen LogP) is 3.43. The van der Waals surface area contributed by atoms with Gasteiger partial charge in [0.1, 0.15) is 17.5 Å². The minimum absolute atomic E-state index is 0.685. The summed E-state index contributed by atoms with van der Waals surface area (Å²) in [5.41, 5.74) is 2.88. The van der Waals surface area contributed by atoms with E-state index in [9.17, 15) is 0 Å². The quantitative estimate of drug-likeness (QED) is 0.534. The van der Waals surface area contributed by atoms with Gasteiger partial charge in [-0.05, 0) is 12.5 Å². The fraction of sp³-hybridized carbons (Fsp3) is 0.286. The molecule has 4 aromatic rings. The summed E-state index contributed by atoms with van der Waals surface area (Å²) in [5, 5.41) is 8.67. The zero-order valence-electron chi connectivity index (χ0n) is 16.1. The Morgan fingerprint density at radius 3 is 2.64 bits per heavy atom. The molecule has 0 bridgehead atoms. The van der Waals surface area contributed by atoms with Crippen molar-refractivity contribution in [3.05, 3.63) is 60.4 Å². The van der Waals surface area contributed by atoms with Gasteiger partial charge in [0.15, 0.2) is 5.65 Å². The van der Waals surface area contributed by atoms with E-state index in [4.69, 9.17) is 0 Å². The molecule has 0 aliphatic rings. The molecule has 0 aliphatic heterocycles. The van der Waals surface area contributed by atoms with Crippen molar-refractivity contribution in [1.82, 2.24) is 29.7 Å². The molecular formula is C21H23N7. The standard InChI is InChI=1S/C21H23N7/c1-3-7-19-26-20(16-14-24-28(2)21(16)27-19)23-13-11-18-22-12-10-17(25-18)15-8-5-4-6-9-15/h4-6,8-10,12,14H,3,7,11,13H2,1-2H3,(H,23,26,27). The van der Waals surface area contributed by atoms with Gasteiger partial charge in [0, 0.05) is 38.2 Å². The van der Waals surface area contributed by atoms with Gasteiger partial charge in [0.05, 0.1) is 17.3 Å². The number of nitrogens with zero attached hydrogens (tertiary/aromatic N) is 6. The maximum absolute atomic E-state index is 4.69. The highest BCUT2D eigenvalue weighted by atomic mass is 15.3. The summed E-state index contributed by atoms with van der Waals surface area (Å²) in [4.78, 5) is 18.4. The van der Waals surface area contributed by atoms with Crippen molar-refractivity contribution < 1.29 is 0 Å². The molecule has 3 heterocycles. The lowest BCUT2D eigenvalue weighted by Gasteiger charge is -2.09. The molecule has 0 fully saturated rings. The molecule has 1 N–H and O–H groups in total. The van der Waals surface area contributed by atoms with Crippen LogP contribution in [0.1, 0.15) is 25.0 Å². The summed E-state index contributed by atoms with van der Waals surface area (Å²) in [5.74, 6) is 2.46. The van der Waals surface area contributed by atoms with Crippen LogP contribution in [0.4, 0.5) is 5.82 Å². The molecular weight excluding hydrogens is 350 g/mol. The van der Waals surface area contributed by atoms with E-state index in [1.807, 2.05) is 37.5 Å². The van der Waals surface area contributed by atoms with Crippen LogP contribution < -0.4 is 5.32 Å². The van der Waals surface area contributed by atoms with Crippen molar-refractivity contribution in [2.24, 2.45) is 7.05 Å². The maximum Gasteiger partial charge on any atom is 0.163 e. The van der Waals surface area contributed by atoms with Gasteiger partial charge in [-0.15, -0.1) is 0 Å². The Balaban J connectivity index is 1.50. The lowest BCUT2D eigenvalue weighted by molar-refractivity contribution is 0.772. The average molecular weight is 373 g/mol. The van der Waals surface area contributed by atoms with Crippen LogP contribution >= 0.6 is 0 Å². The van der Waals surface area contributed by atoms with Crippen LogP contribution in [0.3, 0.4) is 0 Å². The van der Waals surface area contributed by atoms with E-state index in [2.05, 4.69) is 49.4 Å². The van der Waals surface area contributed by atoms with Gasteiger partial charge in [-0.3, -0.25) is 4.68 Å². The normalized spacial score (nSPS) is 11.1. The molecule has 7 heteroatoms. The molecule has 142 valence electrons. The van der Waals surface area contributed by atoms with E-state index in [0.29, 0.717) is 13.0 Å². The van der Waals surface area contributed by atoms with Crippen molar-refractivity contribution >= 4 is 16.9 Å². The zero-order chi connectivity index (χ0) is 19.3. The van der Waals surface area contributed by atoms with E-state index in [0.717, 1.165) is 52.6 Å².